The molecule has 0 unspecified atom stereocenters. The van der Waals surface area contributed by atoms with Gasteiger partial charge in [0.15, 0.2) is 5.78 Å². The fraction of sp³-hybridized carbons (Fsp3) is 0.348. The number of amides is 1. The molecule has 3 aromatic rings. The van der Waals surface area contributed by atoms with Gasteiger partial charge >= 0.3 is 0 Å². The highest BCUT2D eigenvalue weighted by Gasteiger charge is 2.26. The largest absolute Gasteiger partial charge is 0.336 e. The summed E-state index contributed by atoms with van der Waals surface area (Å²) in [6, 6.07) is 14.0. The molecule has 148 valence electrons. The van der Waals surface area contributed by atoms with Crippen LogP contribution >= 0.6 is 11.3 Å². The third kappa shape index (κ3) is 3.58. The molecular formula is C23H23N3O2S. The van der Waals surface area contributed by atoms with Crippen molar-refractivity contribution < 1.29 is 9.59 Å². The number of hydrogen-bond acceptors (Lipinski definition) is 5. The number of hydrogen-bond donors (Lipinski definition) is 0. The predicted molar refractivity (Wildman–Crippen MR) is 115 cm³/mol. The van der Waals surface area contributed by atoms with Crippen molar-refractivity contribution in [3.8, 4) is 0 Å². The second kappa shape index (κ2) is 7.69. The van der Waals surface area contributed by atoms with Crippen molar-refractivity contribution in [1.29, 1.82) is 0 Å². The van der Waals surface area contributed by atoms with Crippen molar-refractivity contribution in [3.05, 3.63) is 63.6 Å². The SMILES string of the molecule is O=C1CCCc2nc(CN3CCN(C(=O)c4cccc5ccccc45)CC3)sc21. The van der Waals surface area contributed by atoms with E-state index in [4.69, 9.17) is 4.98 Å². The number of nitrogens with zero attached hydrogens (tertiary/aromatic N) is 3. The smallest absolute Gasteiger partial charge is 0.254 e. The summed E-state index contributed by atoms with van der Waals surface area (Å²) in [5, 5.41) is 3.14. The first-order valence-corrected chi connectivity index (χ1v) is 11.0. The van der Waals surface area contributed by atoms with Gasteiger partial charge in [0.1, 0.15) is 5.01 Å². The normalized spacial score (nSPS) is 17.5. The van der Waals surface area contributed by atoms with Gasteiger partial charge in [0.25, 0.3) is 5.91 Å². The molecule has 1 aliphatic carbocycles. The van der Waals surface area contributed by atoms with Gasteiger partial charge in [-0.25, -0.2) is 4.98 Å². The van der Waals surface area contributed by atoms with Gasteiger partial charge in [0, 0.05) is 38.2 Å². The number of ketones is 1. The highest BCUT2D eigenvalue weighted by atomic mass is 32.1. The van der Waals surface area contributed by atoms with E-state index in [1.165, 1.54) is 0 Å². The lowest BCUT2D eigenvalue weighted by molar-refractivity contribution is 0.0630. The molecule has 5 rings (SSSR count). The molecule has 0 N–H and O–H groups in total. The maximum atomic E-state index is 13.1. The minimum atomic E-state index is 0.108. The van der Waals surface area contributed by atoms with Crippen molar-refractivity contribution in [1.82, 2.24) is 14.8 Å². The lowest BCUT2D eigenvalue weighted by atomic mass is 10.0. The van der Waals surface area contributed by atoms with E-state index in [2.05, 4.69) is 4.90 Å². The third-order valence-electron chi connectivity index (χ3n) is 5.85. The molecule has 1 saturated heterocycles. The number of aryl methyl sites for hydroxylation is 1. The number of aromatic nitrogens is 1. The van der Waals surface area contributed by atoms with Crippen LogP contribution in [0.4, 0.5) is 0 Å². The van der Waals surface area contributed by atoms with Crippen LogP contribution in [-0.4, -0.2) is 52.7 Å². The average molecular weight is 406 g/mol. The highest BCUT2D eigenvalue weighted by molar-refractivity contribution is 7.13. The monoisotopic (exact) mass is 405 g/mol. The van der Waals surface area contributed by atoms with Gasteiger partial charge in [-0.05, 0) is 29.7 Å². The molecule has 5 nitrogen and oxygen atoms in total. The Morgan fingerprint density at radius 1 is 1.00 bits per heavy atom. The molecule has 2 aromatic carbocycles. The Balaban J connectivity index is 1.25. The van der Waals surface area contributed by atoms with Gasteiger partial charge < -0.3 is 4.90 Å². The second-order valence-corrected chi connectivity index (χ2v) is 8.84. The molecule has 0 radical (unpaired) electrons. The van der Waals surface area contributed by atoms with Crippen molar-refractivity contribution in [3.63, 3.8) is 0 Å². The summed E-state index contributed by atoms with van der Waals surface area (Å²) in [5.41, 5.74) is 1.77. The summed E-state index contributed by atoms with van der Waals surface area (Å²) in [4.78, 5) is 35.0. The van der Waals surface area contributed by atoms with E-state index in [1.807, 2.05) is 47.4 Å². The molecular weight excluding hydrogens is 382 g/mol. The first-order valence-electron chi connectivity index (χ1n) is 10.2. The number of Topliss-reactive ketones (excluding diaryl/α,β-unsaturated/α-hetero) is 1. The summed E-state index contributed by atoms with van der Waals surface area (Å²) < 4.78 is 0. The zero-order chi connectivity index (χ0) is 19.8. The van der Waals surface area contributed by atoms with Crippen molar-refractivity contribution in [2.75, 3.05) is 26.2 Å². The number of benzene rings is 2. The molecule has 1 aliphatic heterocycles. The number of thiazole rings is 1. The van der Waals surface area contributed by atoms with Gasteiger partial charge in [0.2, 0.25) is 0 Å². The molecule has 0 spiro atoms. The van der Waals surface area contributed by atoms with E-state index in [9.17, 15) is 9.59 Å². The topological polar surface area (TPSA) is 53.5 Å². The highest BCUT2D eigenvalue weighted by Crippen LogP contribution is 2.28. The van der Waals surface area contributed by atoms with Crippen molar-refractivity contribution >= 4 is 33.8 Å². The molecule has 0 atom stereocenters. The van der Waals surface area contributed by atoms with Crippen LogP contribution < -0.4 is 0 Å². The fourth-order valence-electron chi connectivity index (χ4n) is 4.27. The number of piperazine rings is 1. The fourth-order valence-corrected chi connectivity index (χ4v) is 5.39. The zero-order valence-electron chi connectivity index (χ0n) is 16.3. The number of fused-ring (bicyclic) bond motifs is 2. The first-order chi connectivity index (χ1) is 14.2. The molecule has 2 aliphatic rings. The van der Waals surface area contributed by atoms with Gasteiger partial charge in [-0.2, -0.15) is 0 Å². The molecule has 1 amide bonds. The molecule has 0 saturated carbocycles. The standard InChI is InChI=1S/C23H23N3O2S/c27-20-10-4-9-19-22(20)29-21(24-19)15-25-11-13-26(14-12-25)23(28)18-8-3-6-16-5-1-2-7-17(16)18/h1-3,5-8H,4,9-15H2. The van der Waals surface area contributed by atoms with Crippen LogP contribution in [0.5, 0.6) is 0 Å². The quantitative estimate of drug-likeness (QED) is 0.666. The summed E-state index contributed by atoms with van der Waals surface area (Å²) in [6.45, 7) is 3.85. The van der Waals surface area contributed by atoms with E-state index < -0.39 is 0 Å². The molecule has 29 heavy (non-hydrogen) atoms. The number of carbonyl (C=O) groups excluding carboxylic acids is 2. The van der Waals surface area contributed by atoms with E-state index in [-0.39, 0.29) is 11.7 Å². The second-order valence-electron chi connectivity index (χ2n) is 7.76. The van der Waals surface area contributed by atoms with Crippen LogP contribution in [0.15, 0.2) is 42.5 Å². The first kappa shape index (κ1) is 18.5. The maximum absolute atomic E-state index is 13.1. The van der Waals surface area contributed by atoms with Crippen LogP contribution in [0.3, 0.4) is 0 Å². The average Bonchev–Trinajstić information content (AvgIpc) is 3.17. The predicted octanol–water partition coefficient (Wildman–Crippen LogP) is 3.77. The molecule has 1 aromatic heterocycles. The van der Waals surface area contributed by atoms with Crippen LogP contribution in [0.25, 0.3) is 10.8 Å². The van der Waals surface area contributed by atoms with E-state index in [0.717, 1.165) is 64.4 Å². The van der Waals surface area contributed by atoms with Crippen LogP contribution in [0.1, 0.15) is 43.6 Å². The molecule has 1 fully saturated rings. The Labute approximate surface area is 174 Å². The van der Waals surface area contributed by atoms with Gasteiger partial charge in [0.05, 0.1) is 17.1 Å². The van der Waals surface area contributed by atoms with E-state index in [0.29, 0.717) is 19.5 Å². The van der Waals surface area contributed by atoms with Crippen molar-refractivity contribution in [2.24, 2.45) is 0 Å². The van der Waals surface area contributed by atoms with Crippen LogP contribution in [-0.2, 0) is 13.0 Å². The Kier molecular flexibility index (Phi) is 4.89. The van der Waals surface area contributed by atoms with E-state index in [1.54, 1.807) is 11.3 Å². The maximum Gasteiger partial charge on any atom is 0.254 e. The van der Waals surface area contributed by atoms with E-state index >= 15 is 0 Å². The Morgan fingerprint density at radius 3 is 2.62 bits per heavy atom. The lowest BCUT2D eigenvalue weighted by Crippen LogP contribution is -2.48. The Morgan fingerprint density at radius 2 is 1.79 bits per heavy atom. The zero-order valence-corrected chi connectivity index (χ0v) is 17.1. The molecule has 6 heteroatoms. The Bertz CT molecular complexity index is 1080. The summed E-state index contributed by atoms with van der Waals surface area (Å²) in [5.74, 6) is 0.359. The number of rotatable bonds is 3. The third-order valence-corrected chi connectivity index (χ3v) is 6.97. The summed E-state index contributed by atoms with van der Waals surface area (Å²) in [6.07, 6.45) is 2.50. The van der Waals surface area contributed by atoms with Crippen LogP contribution in [0.2, 0.25) is 0 Å². The van der Waals surface area contributed by atoms with Gasteiger partial charge in [-0.15, -0.1) is 11.3 Å². The minimum absolute atomic E-state index is 0.108. The summed E-state index contributed by atoms with van der Waals surface area (Å²) >= 11 is 1.56. The summed E-state index contributed by atoms with van der Waals surface area (Å²) in [7, 11) is 0. The minimum Gasteiger partial charge on any atom is -0.336 e. The number of carbonyl (C=O) groups is 2. The van der Waals surface area contributed by atoms with Crippen molar-refractivity contribution in [2.45, 2.75) is 25.8 Å². The van der Waals surface area contributed by atoms with Crippen LogP contribution in [0, 0.1) is 0 Å². The Hall–Kier alpha value is -2.57. The molecule has 2 heterocycles. The lowest BCUT2D eigenvalue weighted by Gasteiger charge is -2.34. The van der Waals surface area contributed by atoms with Gasteiger partial charge in [-0.3, -0.25) is 14.5 Å². The molecule has 0 bridgehead atoms. The van der Waals surface area contributed by atoms with Gasteiger partial charge in [-0.1, -0.05) is 36.4 Å².